The number of hydrogen-bond donors (Lipinski definition) is 0. The number of hydrogen-bond acceptors (Lipinski definition) is 6. The highest BCUT2D eigenvalue weighted by Gasteiger charge is 2.29. The summed E-state index contributed by atoms with van der Waals surface area (Å²) in [5.41, 5.74) is 5.11. The van der Waals surface area contributed by atoms with Gasteiger partial charge in [-0.15, -0.1) is 0 Å². The van der Waals surface area contributed by atoms with E-state index < -0.39 is 15.6 Å². The van der Waals surface area contributed by atoms with Crippen LogP contribution in [0.4, 0.5) is 0 Å². The zero-order chi connectivity index (χ0) is 32.2. The Bertz CT molecular complexity index is 2330. The number of rotatable bonds is 6. The van der Waals surface area contributed by atoms with Gasteiger partial charge in [0, 0.05) is 66.0 Å². The van der Waals surface area contributed by atoms with Crippen LogP contribution < -0.4 is 15.9 Å². The molecule has 0 aliphatic heterocycles. The summed E-state index contributed by atoms with van der Waals surface area (Å²) in [5.74, 6) is 0.681. The second kappa shape index (κ2) is 11.0. The lowest BCUT2D eigenvalue weighted by Crippen LogP contribution is -2.23. The van der Waals surface area contributed by atoms with E-state index in [-0.39, 0.29) is 16.0 Å². The molecule has 6 rings (SSSR count). The second-order valence-electron chi connectivity index (χ2n) is 11.3. The van der Waals surface area contributed by atoms with Crippen molar-refractivity contribution < 1.29 is 13.2 Å². The van der Waals surface area contributed by atoms with E-state index >= 15 is 0 Å². The molecule has 0 unspecified atom stereocenters. The molecule has 0 N–H and O–H groups in total. The van der Waals surface area contributed by atoms with Gasteiger partial charge >= 0.3 is 0 Å². The minimum absolute atomic E-state index is 0.0148. The number of ether oxygens (including phenoxy) is 1. The lowest BCUT2D eigenvalue weighted by molar-refractivity contribution is 0.415. The normalized spacial score (nSPS) is 11.7. The van der Waals surface area contributed by atoms with Gasteiger partial charge in [-0.3, -0.25) is 14.6 Å². The molecule has 0 aliphatic carbocycles. The minimum atomic E-state index is -4.26. The lowest BCUT2D eigenvalue weighted by Gasteiger charge is -2.15. The van der Waals surface area contributed by atoms with Crippen molar-refractivity contribution in [3.63, 3.8) is 0 Å². The lowest BCUT2D eigenvalue weighted by atomic mass is 9.95. The quantitative estimate of drug-likeness (QED) is 0.240. The monoisotopic (exact) mass is 620 g/mol. The van der Waals surface area contributed by atoms with E-state index in [1.54, 1.807) is 76.1 Å². The van der Waals surface area contributed by atoms with Gasteiger partial charge in [-0.05, 0) is 74.4 Å². The second-order valence-corrected chi connectivity index (χ2v) is 13.0. The van der Waals surface area contributed by atoms with E-state index in [9.17, 15) is 18.0 Å². The van der Waals surface area contributed by atoms with Gasteiger partial charge in [0.1, 0.15) is 11.3 Å². The van der Waals surface area contributed by atoms with Crippen LogP contribution in [0.3, 0.4) is 0 Å². The molecular weight excluding hydrogens is 588 g/mol. The van der Waals surface area contributed by atoms with E-state index in [1.807, 2.05) is 45.0 Å². The van der Waals surface area contributed by atoms with Gasteiger partial charge in [0.15, 0.2) is 0 Å². The molecule has 228 valence electrons. The predicted molar refractivity (Wildman–Crippen MR) is 176 cm³/mol. The van der Waals surface area contributed by atoms with Crippen LogP contribution in [0.15, 0.2) is 99.7 Å². The number of benzene rings is 2. The number of aryl methyl sites for hydroxylation is 5. The third-order valence-electron chi connectivity index (χ3n) is 7.95. The van der Waals surface area contributed by atoms with E-state index in [2.05, 4.69) is 4.98 Å². The molecule has 0 atom stereocenters. The summed E-state index contributed by atoms with van der Waals surface area (Å²) in [4.78, 5) is 31.6. The Morgan fingerprint density at radius 2 is 1.33 bits per heavy atom. The molecule has 4 aromatic heterocycles. The van der Waals surface area contributed by atoms with Crippen LogP contribution in [-0.2, 0) is 24.1 Å². The molecule has 45 heavy (non-hydrogen) atoms. The Morgan fingerprint density at radius 3 is 1.96 bits per heavy atom. The average molecular weight is 621 g/mol. The molecule has 0 saturated carbocycles. The molecule has 0 saturated heterocycles. The number of fused-ring (bicyclic) bond motifs is 1. The van der Waals surface area contributed by atoms with E-state index in [4.69, 9.17) is 4.74 Å². The zero-order valence-electron chi connectivity index (χ0n) is 25.8. The summed E-state index contributed by atoms with van der Waals surface area (Å²) in [6.45, 7) is 5.55. The van der Waals surface area contributed by atoms with Crippen LogP contribution in [0.2, 0.25) is 0 Å². The minimum Gasteiger partial charge on any atom is -0.497 e. The molecule has 10 heteroatoms. The standard InChI is InChI=1S/C35H32N4O5S/c1-21-7-13-27(14-8-21)45(42,43)39-32(25-15-22(2)36-23(3)16-25)17-29-31(20-38(5)35(41)34(29)39)28-18-33(40)37(4)19-30(28)24-9-11-26(44-6)12-10-24/h7-20H,1-6H3. The summed E-state index contributed by atoms with van der Waals surface area (Å²) in [6, 6.07) is 20.8. The summed E-state index contributed by atoms with van der Waals surface area (Å²) < 4.78 is 38.3. The molecule has 2 aromatic carbocycles. The molecule has 9 nitrogen and oxygen atoms in total. The van der Waals surface area contributed by atoms with Gasteiger partial charge in [0.25, 0.3) is 21.1 Å². The number of pyridine rings is 3. The van der Waals surface area contributed by atoms with Crippen molar-refractivity contribution in [2.24, 2.45) is 14.1 Å². The Balaban J connectivity index is 1.76. The van der Waals surface area contributed by atoms with Crippen LogP contribution >= 0.6 is 0 Å². The van der Waals surface area contributed by atoms with Gasteiger partial charge in [0.05, 0.1) is 17.7 Å². The highest BCUT2D eigenvalue weighted by atomic mass is 32.2. The molecule has 0 fully saturated rings. The van der Waals surface area contributed by atoms with Gasteiger partial charge in [-0.25, -0.2) is 12.4 Å². The first kappa shape index (κ1) is 29.8. The number of methoxy groups -OCH3 is 1. The van der Waals surface area contributed by atoms with Gasteiger partial charge < -0.3 is 13.9 Å². The highest BCUT2D eigenvalue weighted by molar-refractivity contribution is 7.90. The summed E-state index contributed by atoms with van der Waals surface area (Å²) in [5, 5.41) is 0.402. The smallest absolute Gasteiger partial charge is 0.275 e. The van der Waals surface area contributed by atoms with Crippen LogP contribution in [0, 0.1) is 20.8 Å². The predicted octanol–water partition coefficient (Wildman–Crippen LogP) is 5.61. The largest absolute Gasteiger partial charge is 0.497 e. The summed E-state index contributed by atoms with van der Waals surface area (Å²) in [7, 11) is 0.578. The average Bonchev–Trinajstić information content (AvgIpc) is 3.42. The van der Waals surface area contributed by atoms with Crippen LogP contribution in [0.25, 0.3) is 44.4 Å². The van der Waals surface area contributed by atoms with Crippen LogP contribution in [-0.4, -0.2) is 33.6 Å². The van der Waals surface area contributed by atoms with Crippen molar-refractivity contribution in [3.8, 4) is 39.3 Å². The fourth-order valence-corrected chi connectivity index (χ4v) is 7.23. The molecule has 4 heterocycles. The van der Waals surface area contributed by atoms with Crippen molar-refractivity contribution in [1.29, 1.82) is 0 Å². The molecular formula is C35H32N4O5S. The fraction of sp³-hybridized carbons (Fsp3) is 0.171. The van der Waals surface area contributed by atoms with Crippen molar-refractivity contribution >= 4 is 20.9 Å². The maximum atomic E-state index is 14.5. The number of nitrogens with zero attached hydrogens (tertiary/aromatic N) is 4. The molecule has 0 amide bonds. The Morgan fingerprint density at radius 1 is 0.711 bits per heavy atom. The van der Waals surface area contributed by atoms with E-state index in [0.717, 1.165) is 20.7 Å². The van der Waals surface area contributed by atoms with Crippen molar-refractivity contribution in [3.05, 3.63) is 123 Å². The molecule has 6 aromatic rings. The van der Waals surface area contributed by atoms with Gasteiger partial charge in [0.2, 0.25) is 0 Å². The SMILES string of the molecule is COc1ccc(-c2cn(C)c(=O)cc2-c2cn(C)c(=O)c3c2cc(-c2cc(C)nc(C)c2)n3S(=O)(=O)c2ccc(C)cc2)cc1. The zero-order valence-corrected chi connectivity index (χ0v) is 26.6. The van der Waals surface area contributed by atoms with Crippen LogP contribution in [0.1, 0.15) is 17.0 Å². The third kappa shape index (κ3) is 5.17. The molecule has 0 bridgehead atoms. The van der Waals surface area contributed by atoms with E-state index in [1.165, 1.54) is 15.2 Å². The van der Waals surface area contributed by atoms with Gasteiger partial charge in [-0.2, -0.15) is 0 Å². The molecule has 0 radical (unpaired) electrons. The first-order valence-electron chi connectivity index (χ1n) is 14.3. The first-order chi connectivity index (χ1) is 21.4. The van der Waals surface area contributed by atoms with Crippen molar-refractivity contribution in [2.75, 3.05) is 7.11 Å². The van der Waals surface area contributed by atoms with Crippen molar-refractivity contribution in [1.82, 2.24) is 18.1 Å². The molecule has 0 aliphatic rings. The number of aromatic nitrogens is 4. The Labute approximate surface area is 260 Å². The first-order valence-corrected chi connectivity index (χ1v) is 15.7. The molecule has 0 spiro atoms. The summed E-state index contributed by atoms with van der Waals surface area (Å²) >= 11 is 0. The Hall–Kier alpha value is -5.22. The van der Waals surface area contributed by atoms with Crippen molar-refractivity contribution in [2.45, 2.75) is 25.7 Å². The fourth-order valence-electron chi connectivity index (χ4n) is 5.71. The third-order valence-corrected chi connectivity index (χ3v) is 9.68. The highest BCUT2D eigenvalue weighted by Crippen LogP contribution is 2.39. The van der Waals surface area contributed by atoms with Crippen LogP contribution in [0.5, 0.6) is 5.75 Å². The summed E-state index contributed by atoms with van der Waals surface area (Å²) in [6.07, 6.45) is 3.40. The van der Waals surface area contributed by atoms with E-state index in [0.29, 0.717) is 44.9 Å². The maximum Gasteiger partial charge on any atom is 0.275 e. The topological polar surface area (TPSA) is 105 Å². The maximum absolute atomic E-state index is 14.5. The van der Waals surface area contributed by atoms with Gasteiger partial charge in [-0.1, -0.05) is 29.8 Å². The Kier molecular flexibility index (Phi) is 7.33.